The highest BCUT2D eigenvalue weighted by molar-refractivity contribution is 5.91. The van der Waals surface area contributed by atoms with Crippen LogP contribution < -0.4 is 16.4 Å². The van der Waals surface area contributed by atoms with Crippen molar-refractivity contribution in [1.29, 1.82) is 0 Å². The molecule has 4 heteroatoms. The van der Waals surface area contributed by atoms with Crippen LogP contribution in [0, 0.1) is 5.92 Å². The van der Waals surface area contributed by atoms with Gasteiger partial charge in [-0.05, 0) is 36.5 Å². The van der Waals surface area contributed by atoms with Gasteiger partial charge < -0.3 is 16.4 Å². The van der Waals surface area contributed by atoms with Crippen LogP contribution in [0.5, 0.6) is 0 Å². The number of amides is 1. The zero-order valence-electron chi connectivity index (χ0n) is 13.7. The van der Waals surface area contributed by atoms with E-state index in [1.54, 1.807) is 0 Å². The average molecular weight is 321 g/mol. The van der Waals surface area contributed by atoms with E-state index in [0.717, 1.165) is 37.1 Å². The summed E-state index contributed by atoms with van der Waals surface area (Å²) in [5.41, 5.74) is 15.3. The van der Waals surface area contributed by atoms with Gasteiger partial charge in [0.25, 0.3) is 0 Å². The van der Waals surface area contributed by atoms with Crippen LogP contribution in [0.25, 0.3) is 0 Å². The molecule has 1 saturated carbocycles. The second-order valence-electron chi connectivity index (χ2n) is 6.90. The lowest BCUT2D eigenvalue weighted by Crippen LogP contribution is -2.69. The summed E-state index contributed by atoms with van der Waals surface area (Å²) in [5, 5.41) is 0. The van der Waals surface area contributed by atoms with Gasteiger partial charge in [0.1, 0.15) is 5.54 Å². The summed E-state index contributed by atoms with van der Waals surface area (Å²) in [4.78, 5) is 14.8. The molecular weight excluding hydrogens is 298 g/mol. The summed E-state index contributed by atoms with van der Waals surface area (Å²) in [6, 6.07) is 18.2. The van der Waals surface area contributed by atoms with E-state index in [0.29, 0.717) is 0 Å². The lowest BCUT2D eigenvalue weighted by molar-refractivity contribution is -0.130. The second kappa shape index (κ2) is 5.64. The number of carbonyl (C=O) groups is 1. The first-order valence-corrected chi connectivity index (χ1v) is 8.60. The highest BCUT2D eigenvalue weighted by Gasteiger charge is 2.58. The maximum atomic E-state index is 12.6. The molecule has 0 radical (unpaired) electrons. The third kappa shape index (κ3) is 2.06. The summed E-state index contributed by atoms with van der Waals surface area (Å²) in [7, 11) is 0. The predicted molar refractivity (Wildman–Crippen MR) is 95.5 cm³/mol. The second-order valence-corrected chi connectivity index (χ2v) is 6.90. The van der Waals surface area contributed by atoms with Crippen molar-refractivity contribution in [3.8, 4) is 0 Å². The van der Waals surface area contributed by atoms with Gasteiger partial charge in [-0.2, -0.15) is 0 Å². The first kappa shape index (κ1) is 15.2. The minimum atomic E-state index is -0.665. The van der Waals surface area contributed by atoms with E-state index in [1.807, 2.05) is 42.5 Å². The molecule has 2 aromatic carbocycles. The van der Waals surface area contributed by atoms with Gasteiger partial charge in [0.05, 0.1) is 0 Å². The maximum Gasteiger partial charge on any atom is 0.243 e. The molecule has 0 bridgehead atoms. The normalized spacial score (nSPS) is 26.5. The van der Waals surface area contributed by atoms with Crippen molar-refractivity contribution in [3.05, 3.63) is 65.7 Å². The topological polar surface area (TPSA) is 72.4 Å². The lowest BCUT2D eigenvalue weighted by atomic mass is 9.60. The van der Waals surface area contributed by atoms with Gasteiger partial charge in [-0.1, -0.05) is 48.5 Å². The van der Waals surface area contributed by atoms with E-state index in [4.69, 9.17) is 11.5 Å². The maximum absolute atomic E-state index is 12.6. The monoisotopic (exact) mass is 321 g/mol. The first-order valence-electron chi connectivity index (χ1n) is 8.60. The van der Waals surface area contributed by atoms with Gasteiger partial charge in [0.15, 0.2) is 0 Å². The molecule has 1 unspecified atom stereocenters. The van der Waals surface area contributed by atoms with Crippen LogP contribution in [0.3, 0.4) is 0 Å². The van der Waals surface area contributed by atoms with Crippen molar-refractivity contribution >= 4 is 11.6 Å². The molecule has 1 amide bonds. The number of carbonyl (C=O) groups excluding carboxylic acids is 1. The van der Waals surface area contributed by atoms with Crippen LogP contribution in [0.15, 0.2) is 54.6 Å². The number of nitrogens with zero attached hydrogens (tertiary/aromatic N) is 1. The van der Waals surface area contributed by atoms with Crippen LogP contribution in [0.2, 0.25) is 0 Å². The summed E-state index contributed by atoms with van der Waals surface area (Å²) >= 11 is 0. The van der Waals surface area contributed by atoms with Gasteiger partial charge in [0, 0.05) is 24.2 Å². The van der Waals surface area contributed by atoms with E-state index in [-0.39, 0.29) is 17.9 Å². The molecule has 24 heavy (non-hydrogen) atoms. The zero-order valence-corrected chi connectivity index (χ0v) is 13.7. The van der Waals surface area contributed by atoms with Gasteiger partial charge in [-0.25, -0.2) is 0 Å². The zero-order chi connectivity index (χ0) is 16.7. The molecule has 1 aliphatic carbocycles. The van der Waals surface area contributed by atoms with Crippen molar-refractivity contribution in [2.45, 2.75) is 30.8 Å². The number of rotatable bonds is 4. The van der Waals surface area contributed by atoms with Crippen LogP contribution in [0.4, 0.5) is 5.69 Å². The minimum Gasteiger partial charge on any atom is -0.368 e. The van der Waals surface area contributed by atoms with Crippen LogP contribution >= 0.6 is 0 Å². The molecule has 3 atom stereocenters. The Bertz CT molecular complexity index is 760. The number of benzene rings is 2. The summed E-state index contributed by atoms with van der Waals surface area (Å²) in [5.74, 6) is -0.203. The smallest absolute Gasteiger partial charge is 0.243 e. The number of nitrogens with two attached hydrogens (primary N) is 2. The Kier molecular flexibility index (Phi) is 3.57. The highest BCUT2D eigenvalue weighted by atomic mass is 16.1. The SMILES string of the molecule is NC(=O)[C@]1(N2CCc3ccccc32)CC[C@@H]1C(N)c1ccccc1. The average Bonchev–Trinajstić information content (AvgIpc) is 2.99. The Labute approximate surface area is 142 Å². The molecule has 1 fully saturated rings. The molecule has 1 aliphatic heterocycles. The van der Waals surface area contributed by atoms with E-state index in [1.165, 1.54) is 5.56 Å². The molecule has 0 saturated heterocycles. The van der Waals surface area contributed by atoms with E-state index in [9.17, 15) is 4.79 Å². The highest BCUT2D eigenvalue weighted by Crippen LogP contribution is 2.52. The fraction of sp³-hybridized carbons (Fsp3) is 0.350. The standard InChI is InChI=1S/C20H23N3O/c21-18(15-7-2-1-3-8-15)16-10-12-20(16,19(22)24)23-13-11-14-6-4-5-9-17(14)23/h1-9,16,18H,10-13,21H2,(H2,22,24)/t16-,18?,20+/m1/s1. The number of hydrogen-bond acceptors (Lipinski definition) is 3. The predicted octanol–water partition coefficient (Wildman–Crippen LogP) is 2.38. The Morgan fingerprint density at radius 1 is 1.12 bits per heavy atom. The number of para-hydroxylation sites is 1. The van der Waals surface area contributed by atoms with E-state index >= 15 is 0 Å². The third-order valence-electron chi connectivity index (χ3n) is 5.86. The van der Waals surface area contributed by atoms with E-state index in [2.05, 4.69) is 17.0 Å². The summed E-state index contributed by atoms with van der Waals surface area (Å²) in [6.07, 6.45) is 2.66. The van der Waals surface area contributed by atoms with Crippen LogP contribution in [-0.2, 0) is 11.2 Å². The van der Waals surface area contributed by atoms with Gasteiger partial charge in [-0.3, -0.25) is 4.79 Å². The van der Waals surface area contributed by atoms with Crippen LogP contribution in [0.1, 0.15) is 30.0 Å². The number of primary amides is 1. The Morgan fingerprint density at radius 2 is 1.83 bits per heavy atom. The van der Waals surface area contributed by atoms with E-state index < -0.39 is 5.54 Å². The van der Waals surface area contributed by atoms with Crippen molar-refractivity contribution < 1.29 is 4.79 Å². The molecule has 4 nitrogen and oxygen atoms in total. The molecule has 4 rings (SSSR count). The molecule has 0 aromatic heterocycles. The lowest BCUT2D eigenvalue weighted by Gasteiger charge is -2.55. The number of fused-ring (bicyclic) bond motifs is 1. The molecular formula is C20H23N3O. The largest absolute Gasteiger partial charge is 0.368 e. The Morgan fingerprint density at radius 3 is 2.50 bits per heavy atom. The fourth-order valence-corrected chi connectivity index (χ4v) is 4.50. The van der Waals surface area contributed by atoms with Crippen molar-refractivity contribution in [1.82, 2.24) is 0 Å². The van der Waals surface area contributed by atoms with Crippen molar-refractivity contribution in [2.24, 2.45) is 17.4 Å². The minimum absolute atomic E-state index is 0.0450. The van der Waals surface area contributed by atoms with Crippen molar-refractivity contribution in [2.75, 3.05) is 11.4 Å². The van der Waals surface area contributed by atoms with Gasteiger partial charge in [-0.15, -0.1) is 0 Å². The Balaban J connectivity index is 1.72. The Hall–Kier alpha value is -2.33. The van der Waals surface area contributed by atoms with Gasteiger partial charge >= 0.3 is 0 Å². The molecule has 2 aliphatic rings. The first-order chi connectivity index (χ1) is 11.6. The quantitative estimate of drug-likeness (QED) is 0.908. The summed E-state index contributed by atoms with van der Waals surface area (Å²) in [6.45, 7) is 0.834. The number of hydrogen-bond donors (Lipinski definition) is 2. The molecule has 124 valence electrons. The molecule has 1 heterocycles. The van der Waals surface area contributed by atoms with Gasteiger partial charge in [0.2, 0.25) is 5.91 Å². The van der Waals surface area contributed by atoms with Crippen molar-refractivity contribution in [3.63, 3.8) is 0 Å². The molecule has 4 N–H and O–H groups in total. The fourth-order valence-electron chi connectivity index (χ4n) is 4.50. The molecule has 0 spiro atoms. The molecule has 2 aromatic rings. The number of anilines is 1. The van der Waals surface area contributed by atoms with Crippen LogP contribution in [-0.4, -0.2) is 18.0 Å². The summed E-state index contributed by atoms with van der Waals surface area (Å²) < 4.78 is 0. The third-order valence-corrected chi connectivity index (χ3v) is 5.86.